The quantitative estimate of drug-likeness (QED) is 0.716. The van der Waals surface area contributed by atoms with Gasteiger partial charge in [0.25, 0.3) is 0 Å². The van der Waals surface area contributed by atoms with Gasteiger partial charge in [-0.3, -0.25) is 4.79 Å². The zero-order chi connectivity index (χ0) is 17.4. The standard InChI is InChI=1S/C19H30N2O3/c1-15-6-7-16(17(12-15)24-11-10-23-2)21-18(22)13-19(14-20)8-4-3-5-9-19/h6-7,12H,3-5,8-11,13-14,20H2,1-2H3,(H,21,22). The van der Waals surface area contributed by atoms with E-state index in [-0.39, 0.29) is 11.3 Å². The average molecular weight is 334 g/mol. The number of hydrogen-bond acceptors (Lipinski definition) is 4. The van der Waals surface area contributed by atoms with E-state index in [0.717, 1.165) is 18.4 Å². The average Bonchev–Trinajstić information content (AvgIpc) is 2.58. The summed E-state index contributed by atoms with van der Waals surface area (Å²) in [6.45, 7) is 3.54. The molecule has 1 amide bonds. The molecule has 0 spiro atoms. The summed E-state index contributed by atoms with van der Waals surface area (Å²) in [5.74, 6) is 0.702. The Morgan fingerprint density at radius 1 is 1.25 bits per heavy atom. The number of rotatable bonds is 8. The second kappa shape index (κ2) is 9.04. The molecular formula is C19H30N2O3. The predicted octanol–water partition coefficient (Wildman–Crippen LogP) is 3.26. The Morgan fingerprint density at radius 3 is 2.67 bits per heavy atom. The minimum absolute atomic E-state index is 0.0165. The lowest BCUT2D eigenvalue weighted by Gasteiger charge is -2.35. The number of benzene rings is 1. The molecule has 3 N–H and O–H groups in total. The molecule has 0 radical (unpaired) electrons. The van der Waals surface area contributed by atoms with Crippen LogP contribution in [0.1, 0.15) is 44.1 Å². The van der Waals surface area contributed by atoms with Crippen molar-refractivity contribution < 1.29 is 14.3 Å². The van der Waals surface area contributed by atoms with Gasteiger partial charge in [-0.25, -0.2) is 0 Å². The van der Waals surface area contributed by atoms with E-state index in [1.54, 1.807) is 7.11 Å². The predicted molar refractivity (Wildman–Crippen MR) is 96.4 cm³/mol. The highest BCUT2D eigenvalue weighted by Gasteiger charge is 2.33. The van der Waals surface area contributed by atoms with Crippen LogP contribution in [0.25, 0.3) is 0 Å². The summed E-state index contributed by atoms with van der Waals surface area (Å²) >= 11 is 0. The summed E-state index contributed by atoms with van der Waals surface area (Å²) < 4.78 is 10.8. The first-order valence-corrected chi connectivity index (χ1v) is 8.81. The third-order valence-electron chi connectivity index (χ3n) is 4.84. The molecule has 134 valence electrons. The molecule has 0 aliphatic heterocycles. The van der Waals surface area contributed by atoms with Crippen molar-refractivity contribution in [3.63, 3.8) is 0 Å². The van der Waals surface area contributed by atoms with Crippen LogP contribution >= 0.6 is 0 Å². The number of nitrogens with one attached hydrogen (secondary N) is 1. The van der Waals surface area contributed by atoms with E-state index in [1.165, 1.54) is 19.3 Å². The van der Waals surface area contributed by atoms with Gasteiger partial charge in [0.1, 0.15) is 12.4 Å². The number of anilines is 1. The van der Waals surface area contributed by atoms with Crippen LogP contribution in [0.5, 0.6) is 5.75 Å². The maximum absolute atomic E-state index is 12.6. The SMILES string of the molecule is COCCOc1cc(C)ccc1NC(=O)CC1(CN)CCCCC1. The molecule has 1 aliphatic rings. The Labute approximate surface area is 144 Å². The maximum atomic E-state index is 12.6. The minimum Gasteiger partial charge on any atom is -0.489 e. The molecule has 24 heavy (non-hydrogen) atoms. The van der Waals surface area contributed by atoms with Gasteiger partial charge in [0, 0.05) is 13.5 Å². The lowest BCUT2D eigenvalue weighted by Crippen LogP contribution is -2.36. The number of aryl methyl sites for hydroxylation is 1. The molecule has 0 heterocycles. The van der Waals surface area contributed by atoms with E-state index in [9.17, 15) is 4.79 Å². The first-order chi connectivity index (χ1) is 11.6. The highest BCUT2D eigenvalue weighted by Crippen LogP contribution is 2.39. The van der Waals surface area contributed by atoms with Crippen molar-refractivity contribution in [1.29, 1.82) is 0 Å². The van der Waals surface area contributed by atoms with E-state index < -0.39 is 0 Å². The second-order valence-electron chi connectivity index (χ2n) is 6.83. The topological polar surface area (TPSA) is 73.6 Å². The number of carbonyl (C=O) groups is 1. The highest BCUT2D eigenvalue weighted by atomic mass is 16.5. The third kappa shape index (κ3) is 5.21. The summed E-state index contributed by atoms with van der Waals surface area (Å²) in [6.07, 6.45) is 6.15. The molecule has 2 rings (SSSR count). The van der Waals surface area contributed by atoms with Gasteiger partial charge in [-0.15, -0.1) is 0 Å². The Morgan fingerprint density at radius 2 is 2.00 bits per heavy atom. The lowest BCUT2D eigenvalue weighted by molar-refractivity contribution is -0.118. The minimum atomic E-state index is -0.0376. The van der Waals surface area contributed by atoms with Crippen molar-refractivity contribution in [3.05, 3.63) is 23.8 Å². The monoisotopic (exact) mass is 334 g/mol. The molecule has 1 aromatic carbocycles. The van der Waals surface area contributed by atoms with Crippen molar-refractivity contribution in [2.24, 2.45) is 11.1 Å². The largest absolute Gasteiger partial charge is 0.489 e. The van der Waals surface area contributed by atoms with Crippen LogP contribution in [0, 0.1) is 12.3 Å². The third-order valence-corrected chi connectivity index (χ3v) is 4.84. The number of amides is 1. The first-order valence-electron chi connectivity index (χ1n) is 8.81. The molecule has 1 aromatic rings. The molecule has 5 heteroatoms. The Kier molecular flexibility index (Phi) is 7.06. The Balaban J connectivity index is 2.02. The van der Waals surface area contributed by atoms with Crippen LogP contribution in [0.3, 0.4) is 0 Å². The van der Waals surface area contributed by atoms with Crippen LogP contribution in [0.2, 0.25) is 0 Å². The molecule has 0 saturated heterocycles. The van der Waals surface area contributed by atoms with Crippen LogP contribution in [0.4, 0.5) is 5.69 Å². The summed E-state index contributed by atoms with van der Waals surface area (Å²) in [4.78, 5) is 12.6. The van der Waals surface area contributed by atoms with Gasteiger partial charge in [-0.2, -0.15) is 0 Å². The molecular weight excluding hydrogens is 304 g/mol. The molecule has 0 aromatic heterocycles. The van der Waals surface area contributed by atoms with E-state index >= 15 is 0 Å². The molecule has 5 nitrogen and oxygen atoms in total. The molecule has 0 atom stereocenters. The van der Waals surface area contributed by atoms with Crippen molar-refractivity contribution in [2.75, 3.05) is 32.2 Å². The summed E-state index contributed by atoms with van der Waals surface area (Å²) in [5.41, 5.74) is 7.76. The van der Waals surface area contributed by atoms with Gasteiger partial charge in [-0.1, -0.05) is 25.3 Å². The molecule has 1 aliphatic carbocycles. The molecule has 0 bridgehead atoms. The Hall–Kier alpha value is -1.59. The van der Waals surface area contributed by atoms with E-state index in [1.807, 2.05) is 25.1 Å². The molecule has 0 unspecified atom stereocenters. The lowest BCUT2D eigenvalue weighted by atomic mass is 9.71. The maximum Gasteiger partial charge on any atom is 0.225 e. The first kappa shape index (κ1) is 18.7. The molecule has 1 saturated carbocycles. The fourth-order valence-electron chi connectivity index (χ4n) is 3.38. The summed E-state index contributed by atoms with van der Waals surface area (Å²) in [7, 11) is 1.64. The van der Waals surface area contributed by atoms with Gasteiger partial charge in [0.05, 0.1) is 12.3 Å². The van der Waals surface area contributed by atoms with Gasteiger partial charge >= 0.3 is 0 Å². The van der Waals surface area contributed by atoms with Crippen molar-refractivity contribution in [1.82, 2.24) is 0 Å². The second-order valence-corrected chi connectivity index (χ2v) is 6.83. The molecule has 1 fully saturated rings. The van der Waals surface area contributed by atoms with E-state index in [4.69, 9.17) is 15.2 Å². The van der Waals surface area contributed by atoms with Crippen LogP contribution in [-0.4, -0.2) is 32.8 Å². The number of carbonyl (C=O) groups excluding carboxylic acids is 1. The summed E-state index contributed by atoms with van der Waals surface area (Å²) in [6, 6.07) is 5.80. The zero-order valence-electron chi connectivity index (χ0n) is 14.9. The fraction of sp³-hybridized carbons (Fsp3) is 0.632. The van der Waals surface area contributed by atoms with Crippen molar-refractivity contribution in [2.45, 2.75) is 45.4 Å². The van der Waals surface area contributed by atoms with Crippen LogP contribution < -0.4 is 15.8 Å². The number of hydrogen-bond donors (Lipinski definition) is 2. The van der Waals surface area contributed by atoms with Crippen molar-refractivity contribution >= 4 is 11.6 Å². The van der Waals surface area contributed by atoms with Crippen molar-refractivity contribution in [3.8, 4) is 5.75 Å². The normalized spacial score (nSPS) is 16.6. The number of ether oxygens (including phenoxy) is 2. The van der Waals surface area contributed by atoms with Gasteiger partial charge in [-0.05, 0) is 49.4 Å². The number of nitrogens with two attached hydrogens (primary N) is 1. The smallest absolute Gasteiger partial charge is 0.225 e. The number of methoxy groups -OCH3 is 1. The van der Waals surface area contributed by atoms with Crippen LogP contribution in [0.15, 0.2) is 18.2 Å². The Bertz CT molecular complexity index is 539. The highest BCUT2D eigenvalue weighted by molar-refractivity contribution is 5.92. The van der Waals surface area contributed by atoms with Gasteiger partial charge < -0.3 is 20.5 Å². The van der Waals surface area contributed by atoms with Crippen LogP contribution in [-0.2, 0) is 9.53 Å². The fourth-order valence-corrected chi connectivity index (χ4v) is 3.38. The van der Waals surface area contributed by atoms with E-state index in [0.29, 0.717) is 37.6 Å². The zero-order valence-corrected chi connectivity index (χ0v) is 14.9. The van der Waals surface area contributed by atoms with Gasteiger partial charge in [0.15, 0.2) is 0 Å². The van der Waals surface area contributed by atoms with Gasteiger partial charge in [0.2, 0.25) is 5.91 Å². The van der Waals surface area contributed by atoms with E-state index in [2.05, 4.69) is 5.32 Å². The summed E-state index contributed by atoms with van der Waals surface area (Å²) in [5, 5.41) is 3.01.